The van der Waals surface area contributed by atoms with Gasteiger partial charge in [0.15, 0.2) is 6.61 Å². The summed E-state index contributed by atoms with van der Waals surface area (Å²) in [4.78, 5) is 25.9. The van der Waals surface area contributed by atoms with E-state index in [-0.39, 0.29) is 24.3 Å². The summed E-state index contributed by atoms with van der Waals surface area (Å²) in [7, 11) is 0. The minimum absolute atomic E-state index is 0.122. The van der Waals surface area contributed by atoms with Gasteiger partial charge in [0.25, 0.3) is 5.91 Å². The van der Waals surface area contributed by atoms with Gasteiger partial charge in [0.05, 0.1) is 6.04 Å². The number of carbonyl (C=O) groups is 2. The van der Waals surface area contributed by atoms with Gasteiger partial charge in [-0.1, -0.05) is 54.6 Å². The molecule has 0 aliphatic carbocycles. The lowest BCUT2D eigenvalue weighted by molar-refractivity contribution is -0.124. The molecule has 4 aromatic rings. The Morgan fingerprint density at radius 2 is 1.79 bits per heavy atom. The molecular weight excluding hydrogens is 386 g/mol. The number of thiophene rings is 1. The third-order valence-electron chi connectivity index (χ3n) is 4.63. The highest BCUT2D eigenvalue weighted by molar-refractivity contribution is 7.10. The first-order chi connectivity index (χ1) is 14.1. The molecule has 1 atom stereocenters. The summed E-state index contributed by atoms with van der Waals surface area (Å²) in [5.41, 5.74) is 2.28. The van der Waals surface area contributed by atoms with Crippen LogP contribution >= 0.6 is 11.3 Å². The van der Waals surface area contributed by atoms with Gasteiger partial charge < -0.3 is 14.5 Å². The number of esters is 1. The Bertz CT molecular complexity index is 1130. The van der Waals surface area contributed by atoms with Crippen molar-refractivity contribution in [2.45, 2.75) is 13.0 Å². The Hall–Kier alpha value is -3.38. The average molecular weight is 405 g/mol. The molecule has 6 heteroatoms. The van der Waals surface area contributed by atoms with Crippen molar-refractivity contribution in [1.29, 1.82) is 0 Å². The number of carbonyl (C=O) groups excluding carboxylic acids is 2. The quantitative estimate of drug-likeness (QED) is 0.465. The van der Waals surface area contributed by atoms with E-state index in [0.29, 0.717) is 11.1 Å². The van der Waals surface area contributed by atoms with E-state index in [1.54, 1.807) is 24.3 Å². The van der Waals surface area contributed by atoms with Gasteiger partial charge in [-0.3, -0.25) is 4.79 Å². The largest absolute Gasteiger partial charge is 0.450 e. The molecular formula is C23H19NO4S. The van der Waals surface area contributed by atoms with Crippen LogP contribution in [0.1, 0.15) is 32.6 Å². The molecule has 0 bridgehead atoms. The molecule has 29 heavy (non-hydrogen) atoms. The van der Waals surface area contributed by atoms with Crippen LogP contribution in [0.15, 0.2) is 76.5 Å². The molecule has 2 aromatic heterocycles. The van der Waals surface area contributed by atoms with Crippen LogP contribution in [0.3, 0.4) is 0 Å². The standard InChI is InChI=1S/C23H19NO4S/c1-15-17-10-5-6-11-18(17)28-22(15)23(26)27-14-20(25)24-21(19-12-7-13-29-19)16-8-3-2-4-9-16/h2-13,21H,14H2,1H3,(H,24,25)/t21-/m1/s1. The predicted octanol–water partition coefficient (Wildman–Crippen LogP) is 4.87. The Balaban J connectivity index is 1.44. The minimum atomic E-state index is -0.652. The van der Waals surface area contributed by atoms with Crippen molar-refractivity contribution in [1.82, 2.24) is 5.32 Å². The van der Waals surface area contributed by atoms with Crippen LogP contribution in [0.4, 0.5) is 0 Å². The summed E-state index contributed by atoms with van der Waals surface area (Å²) >= 11 is 1.56. The second-order valence-corrected chi connectivity index (χ2v) is 7.53. The molecule has 1 N–H and O–H groups in total. The van der Waals surface area contributed by atoms with Crippen molar-refractivity contribution < 1.29 is 18.7 Å². The van der Waals surface area contributed by atoms with Gasteiger partial charge in [-0.25, -0.2) is 4.79 Å². The Morgan fingerprint density at radius 1 is 1.03 bits per heavy atom. The van der Waals surface area contributed by atoms with Gasteiger partial charge >= 0.3 is 5.97 Å². The third-order valence-corrected chi connectivity index (χ3v) is 5.57. The first-order valence-corrected chi connectivity index (χ1v) is 10.0. The highest BCUT2D eigenvalue weighted by Crippen LogP contribution is 2.27. The van der Waals surface area contributed by atoms with Crippen molar-refractivity contribution >= 4 is 34.2 Å². The summed E-state index contributed by atoms with van der Waals surface area (Å²) in [6.45, 7) is 1.41. The topological polar surface area (TPSA) is 68.5 Å². The summed E-state index contributed by atoms with van der Waals surface area (Å²) in [5.74, 6) is -0.910. The molecule has 146 valence electrons. The molecule has 0 fully saturated rings. The summed E-state index contributed by atoms with van der Waals surface area (Å²) in [6.07, 6.45) is 0. The molecule has 5 nitrogen and oxygen atoms in total. The van der Waals surface area contributed by atoms with Crippen molar-refractivity contribution in [3.63, 3.8) is 0 Å². The van der Waals surface area contributed by atoms with Crippen LogP contribution in [0.25, 0.3) is 11.0 Å². The number of furan rings is 1. The number of hydrogen-bond acceptors (Lipinski definition) is 5. The smallest absolute Gasteiger partial charge is 0.375 e. The number of amides is 1. The molecule has 4 rings (SSSR count). The van der Waals surface area contributed by atoms with E-state index in [9.17, 15) is 9.59 Å². The fraction of sp³-hybridized carbons (Fsp3) is 0.130. The maximum absolute atomic E-state index is 12.5. The van der Waals surface area contributed by atoms with E-state index >= 15 is 0 Å². The zero-order valence-corrected chi connectivity index (χ0v) is 16.6. The first-order valence-electron chi connectivity index (χ1n) is 9.16. The van der Waals surface area contributed by atoms with Crippen molar-refractivity contribution in [3.05, 3.63) is 93.9 Å². The number of rotatable bonds is 6. The van der Waals surface area contributed by atoms with E-state index in [2.05, 4.69) is 5.32 Å². The van der Waals surface area contributed by atoms with Gasteiger partial charge in [0, 0.05) is 15.8 Å². The van der Waals surface area contributed by atoms with Crippen molar-refractivity contribution in [2.75, 3.05) is 6.61 Å². The van der Waals surface area contributed by atoms with E-state index in [1.807, 2.05) is 66.0 Å². The number of hydrogen-bond donors (Lipinski definition) is 1. The number of fused-ring (bicyclic) bond motifs is 1. The molecule has 0 saturated carbocycles. The van der Waals surface area contributed by atoms with Crippen molar-refractivity contribution in [2.24, 2.45) is 0 Å². The van der Waals surface area contributed by atoms with Gasteiger partial charge in [0.2, 0.25) is 5.76 Å². The SMILES string of the molecule is Cc1c(C(=O)OCC(=O)N[C@H](c2ccccc2)c2cccs2)oc2ccccc12. The van der Waals surface area contributed by atoms with E-state index < -0.39 is 5.97 Å². The number of para-hydroxylation sites is 1. The van der Waals surface area contributed by atoms with E-state index in [1.165, 1.54) is 0 Å². The molecule has 0 aliphatic heterocycles. The van der Waals surface area contributed by atoms with Crippen molar-refractivity contribution in [3.8, 4) is 0 Å². The lowest BCUT2D eigenvalue weighted by Gasteiger charge is -2.18. The van der Waals surface area contributed by atoms with E-state index in [0.717, 1.165) is 15.8 Å². The third kappa shape index (κ3) is 4.07. The zero-order valence-electron chi connectivity index (χ0n) is 15.8. The van der Waals surface area contributed by atoms with Crippen LogP contribution in [-0.4, -0.2) is 18.5 Å². The molecule has 0 saturated heterocycles. The normalized spacial score (nSPS) is 11.9. The Morgan fingerprint density at radius 3 is 2.52 bits per heavy atom. The Kier molecular flexibility index (Phi) is 5.44. The Labute approximate surface area is 171 Å². The fourth-order valence-electron chi connectivity index (χ4n) is 3.19. The summed E-state index contributed by atoms with van der Waals surface area (Å²) in [5, 5.41) is 5.76. The maximum Gasteiger partial charge on any atom is 0.375 e. The minimum Gasteiger partial charge on any atom is -0.450 e. The fourth-order valence-corrected chi connectivity index (χ4v) is 3.99. The molecule has 0 aliphatic rings. The number of benzene rings is 2. The lowest BCUT2D eigenvalue weighted by atomic mass is 10.1. The monoisotopic (exact) mass is 405 g/mol. The van der Waals surface area contributed by atoms with Gasteiger partial charge in [-0.15, -0.1) is 11.3 Å². The van der Waals surface area contributed by atoms with Crippen LogP contribution in [0.2, 0.25) is 0 Å². The van der Waals surface area contributed by atoms with Gasteiger partial charge in [-0.2, -0.15) is 0 Å². The van der Waals surface area contributed by atoms with Crippen LogP contribution in [0, 0.1) is 6.92 Å². The molecule has 2 heterocycles. The number of ether oxygens (including phenoxy) is 1. The second-order valence-electron chi connectivity index (χ2n) is 6.56. The van der Waals surface area contributed by atoms with E-state index in [4.69, 9.17) is 9.15 Å². The molecule has 1 amide bonds. The van der Waals surface area contributed by atoms with Gasteiger partial charge in [0.1, 0.15) is 5.58 Å². The number of aryl methyl sites for hydroxylation is 1. The number of nitrogens with one attached hydrogen (secondary N) is 1. The second kappa shape index (κ2) is 8.32. The van der Waals surface area contributed by atoms with Crippen LogP contribution < -0.4 is 5.32 Å². The molecule has 0 unspecified atom stereocenters. The highest BCUT2D eigenvalue weighted by atomic mass is 32.1. The van der Waals surface area contributed by atoms with Gasteiger partial charge in [-0.05, 0) is 30.0 Å². The first kappa shape index (κ1) is 19.0. The highest BCUT2D eigenvalue weighted by Gasteiger charge is 2.22. The summed E-state index contributed by atoms with van der Waals surface area (Å²) < 4.78 is 10.8. The molecule has 0 radical (unpaired) electrons. The summed E-state index contributed by atoms with van der Waals surface area (Å²) in [6, 6.07) is 20.7. The molecule has 0 spiro atoms. The maximum atomic E-state index is 12.5. The lowest BCUT2D eigenvalue weighted by Crippen LogP contribution is -2.32. The zero-order chi connectivity index (χ0) is 20.2. The van der Waals surface area contributed by atoms with Crippen LogP contribution in [-0.2, 0) is 9.53 Å². The predicted molar refractivity (Wildman–Crippen MR) is 112 cm³/mol. The molecule has 2 aromatic carbocycles. The average Bonchev–Trinajstić information content (AvgIpc) is 3.40. The van der Waals surface area contributed by atoms with Crippen LogP contribution in [0.5, 0.6) is 0 Å².